The van der Waals surface area contributed by atoms with Gasteiger partial charge >= 0.3 is 0 Å². The van der Waals surface area contributed by atoms with Crippen LogP contribution >= 0.6 is 27.7 Å². The highest BCUT2D eigenvalue weighted by atomic mass is 79.9. The van der Waals surface area contributed by atoms with Gasteiger partial charge in [0.2, 0.25) is 16.9 Å². The van der Waals surface area contributed by atoms with Crippen LogP contribution in [0, 0.1) is 6.92 Å². The van der Waals surface area contributed by atoms with Crippen LogP contribution in [0.25, 0.3) is 11.4 Å². The van der Waals surface area contributed by atoms with Gasteiger partial charge in [-0.15, -0.1) is 20.4 Å². The molecule has 0 amide bonds. The van der Waals surface area contributed by atoms with Crippen LogP contribution < -0.4 is 5.84 Å². The third kappa shape index (κ3) is 2.86. The van der Waals surface area contributed by atoms with Crippen molar-refractivity contribution in [2.45, 2.75) is 24.3 Å². The molecule has 0 fully saturated rings. The van der Waals surface area contributed by atoms with Gasteiger partial charge in [-0.3, -0.25) is 0 Å². The first kappa shape index (κ1) is 15.0. The van der Waals surface area contributed by atoms with Gasteiger partial charge in [-0.05, 0) is 19.1 Å². The molecule has 0 radical (unpaired) electrons. The summed E-state index contributed by atoms with van der Waals surface area (Å²) in [7, 11) is 0. The molecular formula is C13H13BrN6OS. The summed E-state index contributed by atoms with van der Waals surface area (Å²) in [6.45, 7) is 3.70. The highest BCUT2D eigenvalue weighted by molar-refractivity contribution is 9.10. The van der Waals surface area contributed by atoms with Crippen LogP contribution in [-0.2, 0) is 0 Å². The van der Waals surface area contributed by atoms with E-state index in [2.05, 4.69) is 36.3 Å². The molecule has 0 saturated carbocycles. The van der Waals surface area contributed by atoms with Crippen molar-refractivity contribution in [1.29, 1.82) is 0 Å². The number of aryl methyl sites for hydroxylation is 1. The van der Waals surface area contributed by atoms with Gasteiger partial charge in [-0.2, -0.15) is 0 Å². The summed E-state index contributed by atoms with van der Waals surface area (Å²) in [6.07, 6.45) is 0. The Morgan fingerprint density at radius 1 is 1.23 bits per heavy atom. The number of rotatable bonds is 4. The summed E-state index contributed by atoms with van der Waals surface area (Å²) in [4.78, 5) is 0. The van der Waals surface area contributed by atoms with Gasteiger partial charge in [0.1, 0.15) is 0 Å². The second-order valence-corrected chi connectivity index (χ2v) is 6.74. The monoisotopic (exact) mass is 380 g/mol. The Labute approximate surface area is 139 Å². The van der Waals surface area contributed by atoms with Crippen molar-refractivity contribution in [3.8, 4) is 11.4 Å². The van der Waals surface area contributed by atoms with Gasteiger partial charge in [0, 0.05) is 17.0 Å². The van der Waals surface area contributed by atoms with E-state index < -0.39 is 0 Å². The number of nitrogens with zero attached hydrogens (tertiary/aromatic N) is 5. The summed E-state index contributed by atoms with van der Waals surface area (Å²) in [5.41, 5.74) is 0.880. The molecule has 2 N–H and O–H groups in total. The predicted molar refractivity (Wildman–Crippen MR) is 86.6 cm³/mol. The molecule has 0 aliphatic carbocycles. The molecule has 22 heavy (non-hydrogen) atoms. The van der Waals surface area contributed by atoms with Crippen LogP contribution in [-0.4, -0.2) is 25.1 Å². The maximum atomic E-state index is 6.12. The van der Waals surface area contributed by atoms with E-state index in [9.17, 15) is 0 Å². The third-order valence-corrected chi connectivity index (χ3v) is 4.69. The number of hydrogen-bond donors (Lipinski definition) is 1. The number of hydrogen-bond acceptors (Lipinski definition) is 7. The molecule has 0 aliphatic rings. The molecule has 0 spiro atoms. The molecular weight excluding hydrogens is 368 g/mol. The second-order valence-electron chi connectivity index (χ2n) is 4.58. The van der Waals surface area contributed by atoms with Crippen LogP contribution in [0.2, 0.25) is 0 Å². The van der Waals surface area contributed by atoms with Crippen molar-refractivity contribution in [3.05, 3.63) is 40.5 Å². The smallest absolute Gasteiger partial charge is 0.229 e. The normalized spacial score (nSPS) is 12.5. The standard InChI is InChI=1S/C13H13BrN6OS/c1-7(12-18-16-8(2)21-12)22-13-19-17-11(20(13)15)9-5-3-4-6-10(9)14/h3-7H,15H2,1-2H3. The van der Waals surface area contributed by atoms with Gasteiger partial charge in [-0.1, -0.05) is 39.8 Å². The van der Waals surface area contributed by atoms with Gasteiger partial charge < -0.3 is 10.3 Å². The molecule has 2 aromatic heterocycles. The van der Waals surface area contributed by atoms with E-state index in [0.717, 1.165) is 10.0 Å². The molecule has 1 atom stereocenters. The molecule has 7 nitrogen and oxygen atoms in total. The lowest BCUT2D eigenvalue weighted by Crippen LogP contribution is -2.12. The predicted octanol–water partition coefficient (Wildman–Crippen LogP) is 2.97. The molecule has 1 aromatic carbocycles. The molecule has 0 saturated heterocycles. The molecule has 3 aromatic rings. The molecule has 1 unspecified atom stereocenters. The van der Waals surface area contributed by atoms with Crippen molar-refractivity contribution in [1.82, 2.24) is 25.1 Å². The average Bonchev–Trinajstić information content (AvgIpc) is 3.07. The van der Waals surface area contributed by atoms with E-state index in [1.165, 1.54) is 16.4 Å². The number of nitrogens with two attached hydrogens (primary N) is 1. The number of nitrogen functional groups attached to an aromatic ring is 1. The van der Waals surface area contributed by atoms with Crippen molar-refractivity contribution in [2.75, 3.05) is 5.84 Å². The summed E-state index contributed by atoms with van der Waals surface area (Å²) in [5, 5.41) is 16.7. The van der Waals surface area contributed by atoms with Crippen LogP contribution in [0.4, 0.5) is 0 Å². The Bertz CT molecular complexity index is 801. The lowest BCUT2D eigenvalue weighted by Gasteiger charge is -2.07. The average molecular weight is 381 g/mol. The minimum absolute atomic E-state index is 0.0697. The van der Waals surface area contributed by atoms with Crippen LogP contribution in [0.1, 0.15) is 24.0 Å². The Kier molecular flexibility index (Phi) is 4.16. The fourth-order valence-corrected chi connectivity index (χ4v) is 3.13. The Balaban J connectivity index is 1.86. The van der Waals surface area contributed by atoms with E-state index in [-0.39, 0.29) is 5.25 Å². The second kappa shape index (κ2) is 6.09. The van der Waals surface area contributed by atoms with Crippen molar-refractivity contribution < 1.29 is 4.42 Å². The topological polar surface area (TPSA) is 95.7 Å². The first-order chi connectivity index (χ1) is 10.6. The first-order valence-corrected chi connectivity index (χ1v) is 8.15. The fraction of sp³-hybridized carbons (Fsp3) is 0.231. The number of halogens is 1. The Hall–Kier alpha value is -1.87. The van der Waals surface area contributed by atoms with E-state index in [1.807, 2.05) is 31.2 Å². The third-order valence-electron chi connectivity index (χ3n) is 2.95. The quantitative estimate of drug-likeness (QED) is 0.548. The maximum Gasteiger partial charge on any atom is 0.229 e. The Morgan fingerprint density at radius 2 is 2.00 bits per heavy atom. The summed E-state index contributed by atoms with van der Waals surface area (Å²) < 4.78 is 7.79. The highest BCUT2D eigenvalue weighted by Crippen LogP contribution is 2.34. The summed E-state index contributed by atoms with van der Waals surface area (Å²) >= 11 is 4.90. The molecule has 0 bridgehead atoms. The van der Waals surface area contributed by atoms with Crippen molar-refractivity contribution in [2.24, 2.45) is 0 Å². The van der Waals surface area contributed by atoms with E-state index in [4.69, 9.17) is 10.3 Å². The van der Waals surface area contributed by atoms with Gasteiger partial charge in [0.15, 0.2) is 5.82 Å². The minimum atomic E-state index is -0.0697. The lowest BCUT2D eigenvalue weighted by atomic mass is 10.2. The van der Waals surface area contributed by atoms with Crippen LogP contribution in [0.15, 0.2) is 38.3 Å². The largest absolute Gasteiger partial charge is 0.424 e. The molecule has 114 valence electrons. The maximum absolute atomic E-state index is 6.12. The number of aromatic nitrogens is 5. The zero-order chi connectivity index (χ0) is 15.7. The van der Waals surface area contributed by atoms with Crippen LogP contribution in [0.3, 0.4) is 0 Å². The highest BCUT2D eigenvalue weighted by Gasteiger charge is 2.20. The first-order valence-electron chi connectivity index (χ1n) is 6.48. The van der Waals surface area contributed by atoms with E-state index in [1.54, 1.807) is 6.92 Å². The zero-order valence-electron chi connectivity index (χ0n) is 11.9. The minimum Gasteiger partial charge on any atom is -0.424 e. The van der Waals surface area contributed by atoms with Crippen molar-refractivity contribution in [3.63, 3.8) is 0 Å². The van der Waals surface area contributed by atoms with E-state index in [0.29, 0.717) is 22.8 Å². The van der Waals surface area contributed by atoms with Gasteiger partial charge in [-0.25, -0.2) is 4.68 Å². The Morgan fingerprint density at radius 3 is 2.68 bits per heavy atom. The molecule has 2 heterocycles. The molecule has 3 rings (SSSR count). The number of benzene rings is 1. The van der Waals surface area contributed by atoms with Crippen molar-refractivity contribution >= 4 is 27.7 Å². The molecule has 0 aliphatic heterocycles. The summed E-state index contributed by atoms with van der Waals surface area (Å²) in [5.74, 6) is 7.77. The SMILES string of the molecule is Cc1nnc(C(C)Sc2nnc(-c3ccccc3Br)n2N)o1. The summed E-state index contributed by atoms with van der Waals surface area (Å²) in [6, 6.07) is 7.71. The van der Waals surface area contributed by atoms with E-state index >= 15 is 0 Å². The fourth-order valence-electron chi connectivity index (χ4n) is 1.87. The van der Waals surface area contributed by atoms with Crippen LogP contribution in [0.5, 0.6) is 0 Å². The molecule has 9 heteroatoms. The van der Waals surface area contributed by atoms with Gasteiger partial charge in [0.25, 0.3) is 0 Å². The zero-order valence-corrected chi connectivity index (χ0v) is 14.3. The van der Waals surface area contributed by atoms with Gasteiger partial charge in [0.05, 0.1) is 5.25 Å². The number of thioether (sulfide) groups is 1. The lowest BCUT2D eigenvalue weighted by molar-refractivity contribution is 0.470.